The van der Waals surface area contributed by atoms with Crippen LogP contribution >= 0.6 is 11.6 Å². The number of hydrogen-bond acceptors (Lipinski definition) is 3. The van der Waals surface area contributed by atoms with Gasteiger partial charge in [-0.05, 0) is 61.0 Å². The van der Waals surface area contributed by atoms with Gasteiger partial charge >= 0.3 is 0 Å². The van der Waals surface area contributed by atoms with E-state index < -0.39 is 32.1 Å². The first-order valence-corrected chi connectivity index (χ1v) is 13.6. The molecule has 0 unspecified atom stereocenters. The molecule has 2 atom stereocenters. The van der Waals surface area contributed by atoms with Crippen molar-refractivity contribution >= 4 is 37.8 Å². The van der Waals surface area contributed by atoms with E-state index in [1.54, 1.807) is 31.2 Å². The molecule has 31 heavy (non-hydrogen) atoms. The van der Waals surface area contributed by atoms with Gasteiger partial charge in [0.05, 0.1) is 29.5 Å². The van der Waals surface area contributed by atoms with Crippen LogP contribution in [0.15, 0.2) is 36.4 Å². The van der Waals surface area contributed by atoms with Crippen LogP contribution in [0.5, 0.6) is 0 Å². The maximum absolute atomic E-state index is 14.6. The van der Waals surface area contributed by atoms with E-state index in [9.17, 15) is 13.9 Å². The van der Waals surface area contributed by atoms with Crippen molar-refractivity contribution < 1.29 is 18.3 Å². The Morgan fingerprint density at radius 3 is 2.39 bits per heavy atom. The summed E-state index contributed by atoms with van der Waals surface area (Å²) in [6, 6.07) is 8.69. The fraction of sp³-hybridized carbons (Fsp3) is 0.417. The Bertz CT molecular complexity index is 908. The Morgan fingerprint density at radius 1 is 1.13 bits per heavy atom. The molecule has 3 nitrogen and oxygen atoms in total. The molecule has 2 aromatic rings. The zero-order valence-corrected chi connectivity index (χ0v) is 20.7. The largest absolute Gasteiger partial charge is 0.414 e. The molecule has 0 fully saturated rings. The van der Waals surface area contributed by atoms with Gasteiger partial charge in [0.25, 0.3) is 0 Å². The number of hydrogen-bond donors (Lipinski definition) is 2. The number of aliphatic hydroxyl groups is 1. The van der Waals surface area contributed by atoms with Gasteiger partial charge in [0.1, 0.15) is 11.6 Å². The first kappa shape index (κ1) is 25.5. The Kier molecular flexibility index (Phi) is 8.45. The fourth-order valence-corrected chi connectivity index (χ4v) is 3.84. The summed E-state index contributed by atoms with van der Waals surface area (Å²) >= 11 is 6.01. The second-order valence-corrected chi connectivity index (χ2v) is 14.5. The van der Waals surface area contributed by atoms with E-state index in [1.807, 2.05) is 0 Å². The molecule has 0 aliphatic rings. The van der Waals surface area contributed by atoms with Crippen molar-refractivity contribution in [2.45, 2.75) is 58.0 Å². The summed E-state index contributed by atoms with van der Waals surface area (Å²) in [5.41, 5.74) is 1.10. The lowest BCUT2D eigenvalue weighted by atomic mass is 10.1. The van der Waals surface area contributed by atoms with E-state index in [-0.39, 0.29) is 27.9 Å². The van der Waals surface area contributed by atoms with Crippen molar-refractivity contribution in [3.63, 3.8) is 0 Å². The third-order valence-corrected chi connectivity index (χ3v) is 10.6. The Labute approximate surface area is 190 Å². The standard InChI is InChI=1S/C24H32ClF2NO2Si/c1-16(23(29)15-30-31(5,6)24(2,3)4)28-22-13-11-17(14-21(22)27)10-12-18-19(25)8-7-9-20(18)26/h7-14,16,23,28-29H,15H2,1-6H3/b12-10+/t16-,23+/m1/s1. The van der Waals surface area contributed by atoms with E-state index in [2.05, 4.69) is 39.2 Å². The van der Waals surface area contributed by atoms with Gasteiger partial charge in [0.15, 0.2) is 8.32 Å². The van der Waals surface area contributed by atoms with Crippen molar-refractivity contribution in [2.75, 3.05) is 11.9 Å². The average Bonchev–Trinajstić information content (AvgIpc) is 2.66. The van der Waals surface area contributed by atoms with Crippen LogP contribution in [-0.4, -0.2) is 32.2 Å². The molecule has 170 valence electrons. The van der Waals surface area contributed by atoms with Gasteiger partial charge in [-0.1, -0.05) is 50.6 Å². The molecular weight excluding hydrogens is 436 g/mol. The zero-order chi connectivity index (χ0) is 23.4. The van der Waals surface area contributed by atoms with Crippen LogP contribution in [0.4, 0.5) is 14.5 Å². The molecule has 7 heteroatoms. The van der Waals surface area contributed by atoms with Crippen molar-refractivity contribution in [1.82, 2.24) is 0 Å². The van der Waals surface area contributed by atoms with Crippen LogP contribution in [0.1, 0.15) is 38.8 Å². The van der Waals surface area contributed by atoms with Gasteiger partial charge in [-0.2, -0.15) is 0 Å². The van der Waals surface area contributed by atoms with Gasteiger partial charge < -0.3 is 14.8 Å². The summed E-state index contributed by atoms with van der Waals surface area (Å²) < 4.78 is 34.5. The highest BCUT2D eigenvalue weighted by atomic mass is 35.5. The molecule has 0 spiro atoms. The minimum Gasteiger partial charge on any atom is -0.414 e. The van der Waals surface area contributed by atoms with Gasteiger partial charge in [-0.25, -0.2) is 8.78 Å². The van der Waals surface area contributed by atoms with Crippen LogP contribution in [-0.2, 0) is 4.43 Å². The predicted molar refractivity (Wildman–Crippen MR) is 129 cm³/mol. The lowest BCUT2D eigenvalue weighted by molar-refractivity contribution is 0.0883. The molecule has 2 N–H and O–H groups in total. The van der Waals surface area contributed by atoms with Crippen molar-refractivity contribution in [2.24, 2.45) is 0 Å². The molecule has 0 saturated carbocycles. The zero-order valence-electron chi connectivity index (χ0n) is 19.0. The third kappa shape index (κ3) is 6.87. The summed E-state index contributed by atoms with van der Waals surface area (Å²) in [5.74, 6) is -0.906. The van der Waals surface area contributed by atoms with Crippen LogP contribution in [0.25, 0.3) is 12.2 Å². The monoisotopic (exact) mass is 467 g/mol. The summed E-state index contributed by atoms with van der Waals surface area (Å²) in [4.78, 5) is 0. The quantitative estimate of drug-likeness (QED) is 0.325. The molecule has 0 aliphatic heterocycles. The first-order valence-electron chi connectivity index (χ1n) is 10.3. The molecule has 2 rings (SSSR count). The Balaban J connectivity index is 2.02. The molecular formula is C24H32ClF2NO2Si. The second-order valence-electron chi connectivity index (χ2n) is 9.28. The number of nitrogens with one attached hydrogen (secondary N) is 1. The maximum atomic E-state index is 14.6. The first-order chi connectivity index (χ1) is 14.3. The summed E-state index contributed by atoms with van der Waals surface area (Å²) in [5, 5.41) is 13.8. The molecule has 0 aromatic heterocycles. The fourth-order valence-electron chi connectivity index (χ4n) is 2.60. The van der Waals surface area contributed by atoms with Crippen LogP contribution < -0.4 is 5.32 Å². The smallest absolute Gasteiger partial charge is 0.192 e. The number of halogens is 3. The van der Waals surface area contributed by atoms with Gasteiger partial charge in [-0.15, -0.1) is 0 Å². The summed E-state index contributed by atoms with van der Waals surface area (Å²) in [7, 11) is -1.97. The molecule has 2 aromatic carbocycles. The Morgan fingerprint density at radius 2 is 1.81 bits per heavy atom. The summed E-state index contributed by atoms with van der Waals surface area (Å²) in [6.45, 7) is 12.6. The van der Waals surface area contributed by atoms with E-state index in [0.717, 1.165) is 0 Å². The summed E-state index contributed by atoms with van der Waals surface area (Å²) in [6.07, 6.45) is 2.34. The lowest BCUT2D eigenvalue weighted by Gasteiger charge is -2.37. The highest BCUT2D eigenvalue weighted by Gasteiger charge is 2.37. The molecule has 0 bridgehead atoms. The van der Waals surface area contributed by atoms with Crippen molar-refractivity contribution in [1.29, 1.82) is 0 Å². The second kappa shape index (κ2) is 10.3. The Hall–Kier alpha value is -1.73. The van der Waals surface area contributed by atoms with Crippen molar-refractivity contribution in [3.8, 4) is 0 Å². The highest BCUT2D eigenvalue weighted by molar-refractivity contribution is 6.74. The van der Waals surface area contributed by atoms with Crippen molar-refractivity contribution in [3.05, 3.63) is 64.2 Å². The number of anilines is 1. The van der Waals surface area contributed by atoms with E-state index in [1.165, 1.54) is 24.3 Å². The molecule has 0 amide bonds. The predicted octanol–water partition coefficient (Wildman–Crippen LogP) is 6.97. The van der Waals surface area contributed by atoms with Gasteiger partial charge in [0.2, 0.25) is 0 Å². The SMILES string of the molecule is C[C@@H](Nc1ccc(/C=C/c2c(F)cccc2Cl)cc1F)[C@@H](O)CO[Si](C)(C)C(C)(C)C. The third-order valence-electron chi connectivity index (χ3n) is 5.82. The number of benzene rings is 2. The maximum Gasteiger partial charge on any atom is 0.192 e. The van der Waals surface area contributed by atoms with E-state index in [0.29, 0.717) is 5.56 Å². The van der Waals surface area contributed by atoms with E-state index in [4.69, 9.17) is 16.0 Å². The minimum atomic E-state index is -1.97. The molecule has 0 saturated heterocycles. The van der Waals surface area contributed by atoms with E-state index >= 15 is 0 Å². The molecule has 0 aliphatic carbocycles. The minimum absolute atomic E-state index is 0.0474. The molecule has 0 radical (unpaired) electrons. The van der Waals surface area contributed by atoms with Crippen LogP contribution in [0.2, 0.25) is 23.2 Å². The number of aliphatic hydroxyl groups excluding tert-OH is 1. The van der Waals surface area contributed by atoms with Gasteiger partial charge in [0, 0.05) is 5.56 Å². The topological polar surface area (TPSA) is 41.5 Å². The van der Waals surface area contributed by atoms with Crippen LogP contribution in [0.3, 0.4) is 0 Å². The average molecular weight is 468 g/mol. The van der Waals surface area contributed by atoms with Gasteiger partial charge in [-0.3, -0.25) is 0 Å². The molecule has 0 heterocycles. The lowest BCUT2D eigenvalue weighted by Crippen LogP contribution is -2.45. The highest BCUT2D eigenvalue weighted by Crippen LogP contribution is 2.36. The normalized spacial score (nSPS) is 14.6. The van der Waals surface area contributed by atoms with Crippen LogP contribution in [0, 0.1) is 11.6 Å². The number of rotatable bonds is 8.